The van der Waals surface area contributed by atoms with E-state index in [2.05, 4.69) is 21.6 Å². The minimum absolute atomic E-state index is 0.335. The van der Waals surface area contributed by atoms with Crippen molar-refractivity contribution in [2.24, 2.45) is 5.10 Å². The summed E-state index contributed by atoms with van der Waals surface area (Å²) in [5, 5.41) is 14.4. The van der Waals surface area contributed by atoms with Crippen LogP contribution >= 0.6 is 11.6 Å². The van der Waals surface area contributed by atoms with Gasteiger partial charge in [-0.2, -0.15) is 10.4 Å². The van der Waals surface area contributed by atoms with Gasteiger partial charge in [0, 0.05) is 23.4 Å². The maximum absolute atomic E-state index is 9.45. The first-order chi connectivity index (χ1) is 14.6. The molecule has 1 aromatic heterocycles. The van der Waals surface area contributed by atoms with Crippen molar-refractivity contribution < 1.29 is 9.47 Å². The van der Waals surface area contributed by atoms with Crippen molar-refractivity contribution in [3.8, 4) is 11.8 Å². The van der Waals surface area contributed by atoms with E-state index < -0.39 is 0 Å². The van der Waals surface area contributed by atoms with Crippen LogP contribution in [0, 0.1) is 18.3 Å². The first-order valence-electron chi connectivity index (χ1n) is 9.25. The molecule has 30 heavy (non-hydrogen) atoms. The number of halogens is 1. The van der Waals surface area contributed by atoms with Crippen molar-refractivity contribution in [2.45, 2.75) is 20.1 Å². The van der Waals surface area contributed by atoms with Gasteiger partial charge in [-0.1, -0.05) is 23.7 Å². The summed E-state index contributed by atoms with van der Waals surface area (Å²) in [6.45, 7) is 2.66. The molecular weight excluding hydrogens is 400 g/mol. The van der Waals surface area contributed by atoms with Gasteiger partial charge in [0.1, 0.15) is 24.0 Å². The zero-order valence-electron chi connectivity index (χ0n) is 16.7. The number of benzene rings is 2. The fourth-order valence-corrected chi connectivity index (χ4v) is 2.91. The fourth-order valence-electron chi connectivity index (χ4n) is 2.78. The number of nitrogens with one attached hydrogen (secondary N) is 1. The smallest absolute Gasteiger partial charge is 0.164 e. The number of hydrazone groups is 1. The molecular formula is C23H21ClN4O2. The van der Waals surface area contributed by atoms with Gasteiger partial charge in [-0.25, -0.2) is 4.98 Å². The quantitative estimate of drug-likeness (QED) is 0.405. The monoisotopic (exact) mass is 420 g/mol. The molecule has 3 rings (SSSR count). The third-order valence-electron chi connectivity index (χ3n) is 4.22. The third-order valence-corrected chi connectivity index (χ3v) is 4.48. The molecule has 0 aliphatic carbocycles. The van der Waals surface area contributed by atoms with E-state index in [1.54, 1.807) is 13.3 Å². The van der Waals surface area contributed by atoms with Crippen LogP contribution in [0.25, 0.3) is 0 Å². The van der Waals surface area contributed by atoms with E-state index in [1.807, 2.05) is 61.5 Å². The Labute approximate surface area is 180 Å². The Morgan fingerprint density at radius 3 is 2.53 bits per heavy atom. The van der Waals surface area contributed by atoms with Crippen LogP contribution < -0.4 is 10.2 Å². The molecule has 0 unspecified atom stereocenters. The van der Waals surface area contributed by atoms with E-state index in [1.165, 1.54) is 0 Å². The summed E-state index contributed by atoms with van der Waals surface area (Å²) < 4.78 is 10.9. The summed E-state index contributed by atoms with van der Waals surface area (Å²) in [6.07, 6.45) is 1.66. The lowest BCUT2D eigenvalue weighted by molar-refractivity contribution is 0.184. The fraction of sp³-hybridized carbons (Fsp3) is 0.174. The van der Waals surface area contributed by atoms with Gasteiger partial charge in [-0.3, -0.25) is 5.43 Å². The molecule has 6 nitrogen and oxygen atoms in total. The molecule has 0 atom stereocenters. The molecule has 0 fully saturated rings. The summed E-state index contributed by atoms with van der Waals surface area (Å²) in [7, 11) is 1.59. The number of aryl methyl sites for hydroxylation is 1. The van der Waals surface area contributed by atoms with E-state index >= 15 is 0 Å². The predicted molar refractivity (Wildman–Crippen MR) is 118 cm³/mol. The van der Waals surface area contributed by atoms with Gasteiger partial charge in [-0.15, -0.1) is 0 Å². The molecule has 0 radical (unpaired) electrons. The number of methoxy groups -OCH3 is 1. The number of nitrogens with zero attached hydrogens (tertiary/aromatic N) is 3. The number of aromatic nitrogens is 1. The largest absolute Gasteiger partial charge is 0.489 e. The van der Waals surface area contributed by atoms with Crippen LogP contribution in [0.15, 0.2) is 59.7 Å². The molecule has 7 heteroatoms. The highest BCUT2D eigenvalue weighted by atomic mass is 35.5. The molecule has 1 heterocycles. The zero-order chi connectivity index (χ0) is 21.3. The van der Waals surface area contributed by atoms with Gasteiger partial charge in [0.15, 0.2) is 5.82 Å². The third kappa shape index (κ3) is 5.80. The average Bonchev–Trinajstić information content (AvgIpc) is 2.74. The molecule has 1 N–H and O–H groups in total. The highest BCUT2D eigenvalue weighted by Gasteiger charge is 2.10. The molecule has 0 aliphatic heterocycles. The predicted octanol–water partition coefficient (Wildman–Crippen LogP) is 5.09. The number of pyridine rings is 1. The summed E-state index contributed by atoms with van der Waals surface area (Å²) in [6, 6.07) is 19.1. The number of hydrogen-bond donors (Lipinski definition) is 1. The lowest BCUT2D eigenvalue weighted by Gasteiger charge is -2.09. The van der Waals surface area contributed by atoms with Crippen molar-refractivity contribution in [1.82, 2.24) is 4.98 Å². The second kappa shape index (κ2) is 10.4. The highest BCUT2D eigenvalue weighted by molar-refractivity contribution is 6.30. The maximum Gasteiger partial charge on any atom is 0.164 e. The van der Waals surface area contributed by atoms with E-state index in [0.717, 1.165) is 28.1 Å². The van der Waals surface area contributed by atoms with Crippen LogP contribution in [-0.2, 0) is 18.0 Å². The summed E-state index contributed by atoms with van der Waals surface area (Å²) >= 11 is 5.89. The molecule has 0 saturated heterocycles. The second-order valence-electron chi connectivity index (χ2n) is 6.55. The molecule has 0 spiro atoms. The van der Waals surface area contributed by atoms with Crippen LogP contribution in [0.5, 0.6) is 5.75 Å². The zero-order valence-corrected chi connectivity index (χ0v) is 17.5. The lowest BCUT2D eigenvalue weighted by Crippen LogP contribution is -2.03. The van der Waals surface area contributed by atoms with Gasteiger partial charge < -0.3 is 9.47 Å². The average molecular weight is 421 g/mol. The summed E-state index contributed by atoms with van der Waals surface area (Å²) in [5.41, 5.74) is 6.75. The van der Waals surface area contributed by atoms with Crippen molar-refractivity contribution in [2.75, 3.05) is 12.5 Å². The minimum atomic E-state index is 0.335. The topological polar surface area (TPSA) is 79.5 Å². The number of anilines is 1. The summed E-state index contributed by atoms with van der Waals surface area (Å²) in [5.74, 6) is 1.16. The van der Waals surface area contributed by atoms with Gasteiger partial charge in [-0.05, 0) is 60.5 Å². The molecule has 0 amide bonds. The van der Waals surface area contributed by atoms with Gasteiger partial charge in [0.25, 0.3) is 0 Å². The Morgan fingerprint density at radius 2 is 1.87 bits per heavy atom. The Morgan fingerprint density at radius 1 is 1.13 bits per heavy atom. The number of nitriles is 1. The molecule has 0 aliphatic rings. The van der Waals surface area contributed by atoms with E-state index in [4.69, 9.17) is 21.1 Å². The van der Waals surface area contributed by atoms with Crippen LogP contribution in [0.1, 0.15) is 27.9 Å². The lowest BCUT2D eigenvalue weighted by atomic mass is 10.1. The first kappa shape index (κ1) is 21.3. The van der Waals surface area contributed by atoms with Crippen molar-refractivity contribution >= 4 is 23.6 Å². The van der Waals surface area contributed by atoms with E-state index in [-0.39, 0.29) is 0 Å². The Kier molecular flexibility index (Phi) is 7.39. The normalized spacial score (nSPS) is 10.7. The molecule has 0 saturated carbocycles. The molecule has 0 bridgehead atoms. The van der Waals surface area contributed by atoms with Gasteiger partial charge in [0.2, 0.25) is 0 Å². The Balaban J connectivity index is 1.62. The van der Waals surface area contributed by atoms with Gasteiger partial charge >= 0.3 is 0 Å². The Bertz CT molecular complexity index is 1060. The summed E-state index contributed by atoms with van der Waals surface area (Å²) in [4.78, 5) is 4.36. The van der Waals surface area contributed by atoms with E-state index in [0.29, 0.717) is 29.6 Å². The number of rotatable bonds is 8. The minimum Gasteiger partial charge on any atom is -0.489 e. The molecule has 152 valence electrons. The second-order valence-corrected chi connectivity index (χ2v) is 6.98. The van der Waals surface area contributed by atoms with E-state index in [9.17, 15) is 5.26 Å². The Hall–Kier alpha value is -3.40. The van der Waals surface area contributed by atoms with Crippen molar-refractivity contribution in [3.05, 3.63) is 87.6 Å². The van der Waals surface area contributed by atoms with Crippen molar-refractivity contribution in [3.63, 3.8) is 0 Å². The molecule has 2 aromatic carbocycles. The number of ether oxygens (including phenoxy) is 2. The van der Waals surface area contributed by atoms with Crippen LogP contribution in [0.4, 0.5) is 5.82 Å². The SMILES string of the molecule is COCc1cc(C)nc(N/N=C\c2ccc(OCc3ccc(Cl)cc3)cc2)c1C#N. The molecule has 3 aromatic rings. The van der Waals surface area contributed by atoms with Crippen LogP contribution in [0.3, 0.4) is 0 Å². The van der Waals surface area contributed by atoms with Gasteiger partial charge in [0.05, 0.1) is 12.8 Å². The maximum atomic E-state index is 9.45. The highest BCUT2D eigenvalue weighted by Crippen LogP contribution is 2.19. The number of hydrogen-bond acceptors (Lipinski definition) is 6. The first-order valence-corrected chi connectivity index (χ1v) is 9.63. The van der Waals surface area contributed by atoms with Crippen LogP contribution in [-0.4, -0.2) is 18.3 Å². The standard InChI is InChI=1S/C23H21ClN4O2/c1-16-11-19(15-29-2)22(12-25)23(27-16)28-26-13-17-5-9-21(10-6-17)30-14-18-3-7-20(24)8-4-18/h3-11,13H,14-15H2,1-2H3,(H,27,28)/b26-13-. The van der Waals surface area contributed by atoms with Crippen LogP contribution in [0.2, 0.25) is 5.02 Å². The van der Waals surface area contributed by atoms with Crippen molar-refractivity contribution in [1.29, 1.82) is 5.26 Å².